The number of hydrogen-bond acceptors (Lipinski definition) is 2. The fourth-order valence-electron chi connectivity index (χ4n) is 2.02. The molecule has 76 valence electrons. The fourth-order valence-corrected chi connectivity index (χ4v) is 2.02. The molecule has 0 bridgehead atoms. The van der Waals surface area contributed by atoms with Crippen LogP contribution >= 0.6 is 0 Å². The van der Waals surface area contributed by atoms with Crippen molar-refractivity contribution in [3.63, 3.8) is 0 Å². The van der Waals surface area contributed by atoms with Crippen molar-refractivity contribution < 1.29 is 28.8 Å². The van der Waals surface area contributed by atoms with Gasteiger partial charge in [-0.2, -0.15) is 6.42 Å². The van der Waals surface area contributed by atoms with Crippen molar-refractivity contribution in [1.82, 2.24) is 4.90 Å². The Kier molecular flexibility index (Phi) is 8.36. The van der Waals surface area contributed by atoms with Gasteiger partial charge in [-0.15, -0.1) is 0 Å². The summed E-state index contributed by atoms with van der Waals surface area (Å²) in [5.74, 6) is 0. The Morgan fingerprint density at radius 1 is 1.29 bits per heavy atom. The number of hydrogen-bond donors (Lipinski definition) is 1. The SMILES string of the molecule is O=CO.[CH-]1CCN1C1CCCCC1.[Li+]. The van der Waals surface area contributed by atoms with Crippen molar-refractivity contribution in [2.75, 3.05) is 6.54 Å². The summed E-state index contributed by atoms with van der Waals surface area (Å²) in [6, 6.07) is 0.933. The Hall–Kier alpha value is 0.0274. The van der Waals surface area contributed by atoms with Gasteiger partial charge in [-0.25, -0.2) is 0 Å². The van der Waals surface area contributed by atoms with E-state index in [1.807, 2.05) is 0 Å². The molecule has 1 aliphatic carbocycles. The summed E-state index contributed by atoms with van der Waals surface area (Å²) < 4.78 is 0. The van der Waals surface area contributed by atoms with Crippen LogP contribution in [0.3, 0.4) is 0 Å². The van der Waals surface area contributed by atoms with Crippen molar-refractivity contribution in [3.05, 3.63) is 6.54 Å². The van der Waals surface area contributed by atoms with Gasteiger partial charge in [-0.3, -0.25) is 11.3 Å². The Bertz CT molecular complexity index is 145. The first-order chi connectivity index (χ1) is 6.38. The molecule has 2 aliphatic rings. The smallest absolute Gasteiger partial charge is 0.483 e. The van der Waals surface area contributed by atoms with Crippen LogP contribution in [0.1, 0.15) is 38.5 Å². The topological polar surface area (TPSA) is 40.5 Å². The maximum atomic E-state index is 8.36. The van der Waals surface area contributed by atoms with E-state index in [9.17, 15) is 0 Å². The summed E-state index contributed by atoms with van der Waals surface area (Å²) in [6.45, 7) is 3.46. The molecular weight excluding hydrogens is 173 g/mol. The third-order valence-corrected chi connectivity index (χ3v) is 2.79. The third-order valence-electron chi connectivity index (χ3n) is 2.79. The number of likely N-dealkylation sites (tertiary alicyclic amines) is 1. The zero-order chi connectivity index (χ0) is 9.52. The minimum atomic E-state index is -0.250. The molecule has 2 rings (SSSR count). The largest absolute Gasteiger partial charge is 1.00 e. The predicted molar refractivity (Wildman–Crippen MR) is 51.2 cm³/mol. The van der Waals surface area contributed by atoms with Gasteiger partial charge < -0.3 is 10.0 Å². The first kappa shape index (κ1) is 14.0. The molecule has 1 saturated heterocycles. The summed E-state index contributed by atoms with van der Waals surface area (Å²) >= 11 is 0. The second-order valence-electron chi connectivity index (χ2n) is 3.61. The molecule has 0 radical (unpaired) electrons. The molecular formula is C10H18LiNO2. The van der Waals surface area contributed by atoms with Gasteiger partial charge in [0.1, 0.15) is 0 Å². The summed E-state index contributed by atoms with van der Waals surface area (Å²) in [4.78, 5) is 10.9. The zero-order valence-corrected chi connectivity index (χ0v) is 8.98. The minimum absolute atomic E-state index is 0. The number of carboxylic acid groups (broad SMARTS) is 1. The molecule has 1 saturated carbocycles. The van der Waals surface area contributed by atoms with E-state index >= 15 is 0 Å². The molecule has 0 spiro atoms. The van der Waals surface area contributed by atoms with Gasteiger partial charge in [0, 0.05) is 0 Å². The molecule has 4 heteroatoms. The quantitative estimate of drug-likeness (QED) is 0.324. The van der Waals surface area contributed by atoms with Crippen LogP contribution in [0.25, 0.3) is 0 Å². The van der Waals surface area contributed by atoms with E-state index in [2.05, 4.69) is 11.4 Å². The molecule has 1 aliphatic heterocycles. The Morgan fingerprint density at radius 3 is 2.14 bits per heavy atom. The third kappa shape index (κ3) is 4.50. The van der Waals surface area contributed by atoms with E-state index in [1.165, 1.54) is 45.1 Å². The molecule has 0 aromatic rings. The Labute approximate surface area is 98.0 Å². The normalized spacial score (nSPS) is 22.3. The van der Waals surface area contributed by atoms with Gasteiger partial charge in [0.15, 0.2) is 0 Å². The standard InChI is InChI=1S/C9H16N.CH2O2.Li/c1-2-5-9(6-3-1)10-7-4-8-10;2-1-3;/h7,9H,1-6,8H2;1H,(H,2,3);/q-1;;+1. The minimum Gasteiger partial charge on any atom is -0.483 e. The molecule has 0 atom stereocenters. The van der Waals surface area contributed by atoms with Crippen molar-refractivity contribution in [2.24, 2.45) is 0 Å². The van der Waals surface area contributed by atoms with E-state index in [4.69, 9.17) is 9.90 Å². The van der Waals surface area contributed by atoms with Crippen molar-refractivity contribution in [2.45, 2.75) is 44.6 Å². The van der Waals surface area contributed by atoms with Crippen LogP contribution in [0.4, 0.5) is 0 Å². The molecule has 3 nitrogen and oxygen atoms in total. The molecule has 2 fully saturated rings. The average Bonchev–Trinajstić information content (AvgIpc) is 2.04. The second-order valence-corrected chi connectivity index (χ2v) is 3.61. The summed E-state index contributed by atoms with van der Waals surface area (Å²) in [7, 11) is 0. The van der Waals surface area contributed by atoms with Crippen molar-refractivity contribution in [3.8, 4) is 0 Å². The van der Waals surface area contributed by atoms with Crippen molar-refractivity contribution in [1.29, 1.82) is 0 Å². The molecule has 1 heterocycles. The summed E-state index contributed by atoms with van der Waals surface area (Å²) in [5, 5.41) is 6.89. The zero-order valence-electron chi connectivity index (χ0n) is 8.98. The average molecular weight is 191 g/mol. The molecule has 1 N–H and O–H groups in total. The monoisotopic (exact) mass is 191 g/mol. The van der Waals surface area contributed by atoms with Crippen LogP contribution < -0.4 is 18.9 Å². The first-order valence-corrected chi connectivity index (χ1v) is 5.05. The van der Waals surface area contributed by atoms with Gasteiger partial charge in [0.05, 0.1) is 0 Å². The predicted octanol–water partition coefficient (Wildman–Crippen LogP) is -1.11. The van der Waals surface area contributed by atoms with Gasteiger partial charge in [-0.1, -0.05) is 25.8 Å². The van der Waals surface area contributed by atoms with E-state index in [0.717, 1.165) is 6.04 Å². The molecule has 0 unspecified atom stereocenters. The Morgan fingerprint density at radius 2 is 1.79 bits per heavy atom. The van der Waals surface area contributed by atoms with E-state index in [0.29, 0.717) is 0 Å². The van der Waals surface area contributed by atoms with Crippen LogP contribution in [0.15, 0.2) is 0 Å². The van der Waals surface area contributed by atoms with Crippen LogP contribution in [-0.4, -0.2) is 29.1 Å². The van der Waals surface area contributed by atoms with Crippen LogP contribution in [-0.2, 0) is 4.79 Å². The van der Waals surface area contributed by atoms with Crippen LogP contribution in [0.2, 0.25) is 0 Å². The van der Waals surface area contributed by atoms with Gasteiger partial charge >= 0.3 is 18.9 Å². The molecule has 14 heavy (non-hydrogen) atoms. The van der Waals surface area contributed by atoms with Gasteiger partial charge in [-0.05, 0) is 18.9 Å². The molecule has 0 aromatic heterocycles. The molecule has 0 amide bonds. The first-order valence-electron chi connectivity index (χ1n) is 5.05. The maximum absolute atomic E-state index is 8.36. The summed E-state index contributed by atoms with van der Waals surface area (Å²) in [5.41, 5.74) is 0. The fraction of sp³-hybridized carbons (Fsp3) is 0.800. The van der Waals surface area contributed by atoms with Crippen LogP contribution in [0, 0.1) is 6.54 Å². The van der Waals surface area contributed by atoms with Gasteiger partial charge in [0.2, 0.25) is 0 Å². The molecule has 0 aromatic carbocycles. The number of rotatable bonds is 1. The maximum Gasteiger partial charge on any atom is 1.00 e. The number of nitrogens with zero attached hydrogens (tertiary/aromatic N) is 1. The van der Waals surface area contributed by atoms with E-state index < -0.39 is 0 Å². The Balaban J connectivity index is 0.000000381. The van der Waals surface area contributed by atoms with Gasteiger partial charge in [0.25, 0.3) is 6.47 Å². The second kappa shape index (κ2) is 8.35. The van der Waals surface area contributed by atoms with E-state index in [-0.39, 0.29) is 25.3 Å². The van der Waals surface area contributed by atoms with Crippen LogP contribution in [0.5, 0.6) is 0 Å². The van der Waals surface area contributed by atoms with Crippen molar-refractivity contribution >= 4 is 6.47 Å². The summed E-state index contributed by atoms with van der Waals surface area (Å²) in [6.07, 6.45) is 8.65. The van der Waals surface area contributed by atoms with E-state index in [1.54, 1.807) is 0 Å². The number of carbonyl (C=O) groups is 1.